The Morgan fingerprint density at radius 1 is 1.14 bits per heavy atom. The maximum absolute atomic E-state index is 13.0. The molecule has 3 nitrogen and oxygen atoms in total. The van der Waals surface area contributed by atoms with Crippen LogP contribution in [0.15, 0.2) is 47.4 Å². The minimum atomic E-state index is -3.40. The average Bonchev–Trinajstić information content (AvgIpc) is 2.49. The van der Waals surface area contributed by atoms with Crippen molar-refractivity contribution in [1.29, 1.82) is 0 Å². The summed E-state index contributed by atoms with van der Waals surface area (Å²) in [7, 11) is -3.40. The molecule has 3 rings (SSSR count). The lowest BCUT2D eigenvalue weighted by Crippen LogP contribution is -2.53. The summed E-state index contributed by atoms with van der Waals surface area (Å²) in [6.07, 6.45) is 4.53. The van der Waals surface area contributed by atoms with Crippen molar-refractivity contribution in [3.8, 4) is 0 Å². The van der Waals surface area contributed by atoms with Crippen LogP contribution in [0.3, 0.4) is 0 Å². The second-order valence-electron chi connectivity index (χ2n) is 6.32. The summed E-state index contributed by atoms with van der Waals surface area (Å²) in [6.45, 7) is 4.01. The molecule has 21 heavy (non-hydrogen) atoms. The Labute approximate surface area is 126 Å². The minimum Gasteiger partial charge on any atom is -0.385 e. The summed E-state index contributed by atoms with van der Waals surface area (Å²) in [4.78, 5) is 0.371. The number of hydrogen-bond acceptors (Lipinski definition) is 3. The highest BCUT2D eigenvalue weighted by Crippen LogP contribution is 2.49. The van der Waals surface area contributed by atoms with Gasteiger partial charge in [-0.1, -0.05) is 37.6 Å². The van der Waals surface area contributed by atoms with E-state index in [1.165, 1.54) is 0 Å². The van der Waals surface area contributed by atoms with E-state index >= 15 is 0 Å². The van der Waals surface area contributed by atoms with Gasteiger partial charge in [0.25, 0.3) is 0 Å². The van der Waals surface area contributed by atoms with Gasteiger partial charge < -0.3 is 5.11 Å². The first-order valence-corrected chi connectivity index (χ1v) is 9.20. The molecule has 0 aliphatic heterocycles. The molecule has 0 spiro atoms. The van der Waals surface area contributed by atoms with Gasteiger partial charge in [-0.3, -0.25) is 0 Å². The molecule has 2 fully saturated rings. The summed E-state index contributed by atoms with van der Waals surface area (Å²) in [6, 6.07) is 8.63. The molecule has 2 aliphatic carbocycles. The highest BCUT2D eigenvalue weighted by Gasteiger charge is 2.51. The molecule has 2 aliphatic rings. The zero-order valence-corrected chi connectivity index (χ0v) is 13.0. The Morgan fingerprint density at radius 3 is 2.57 bits per heavy atom. The van der Waals surface area contributed by atoms with Crippen molar-refractivity contribution in [3.63, 3.8) is 0 Å². The van der Waals surface area contributed by atoms with Gasteiger partial charge in [0.1, 0.15) is 0 Å². The van der Waals surface area contributed by atoms with Gasteiger partial charge in [-0.25, -0.2) is 8.42 Å². The summed E-state index contributed by atoms with van der Waals surface area (Å²) >= 11 is 0. The van der Waals surface area contributed by atoms with Gasteiger partial charge in [-0.05, 0) is 43.4 Å². The largest absolute Gasteiger partial charge is 0.385 e. The molecular formula is C17H22O3S. The van der Waals surface area contributed by atoms with Crippen LogP contribution in [-0.2, 0) is 9.84 Å². The molecule has 3 atom stereocenters. The monoisotopic (exact) mass is 306 g/mol. The van der Waals surface area contributed by atoms with Gasteiger partial charge in [0.2, 0.25) is 0 Å². The maximum atomic E-state index is 13.0. The van der Waals surface area contributed by atoms with Crippen molar-refractivity contribution in [2.24, 2.45) is 5.92 Å². The number of hydrogen-bond donors (Lipinski definition) is 1. The van der Waals surface area contributed by atoms with Gasteiger partial charge in [0.05, 0.1) is 15.7 Å². The number of aliphatic hydroxyl groups is 1. The molecular weight excluding hydrogens is 284 g/mol. The fourth-order valence-corrected chi connectivity index (χ4v) is 6.11. The van der Waals surface area contributed by atoms with E-state index in [4.69, 9.17) is 0 Å². The molecule has 2 saturated carbocycles. The van der Waals surface area contributed by atoms with Gasteiger partial charge in [0.15, 0.2) is 9.84 Å². The van der Waals surface area contributed by atoms with Crippen LogP contribution in [0.4, 0.5) is 0 Å². The second kappa shape index (κ2) is 5.25. The predicted octanol–water partition coefficient (Wildman–Crippen LogP) is 3.10. The lowest BCUT2D eigenvalue weighted by Gasteiger charge is -2.48. The molecule has 0 aromatic heterocycles. The van der Waals surface area contributed by atoms with E-state index in [-0.39, 0.29) is 5.92 Å². The fourth-order valence-electron chi connectivity index (χ4n) is 4.01. The standard InChI is InChI=1S/C17H22O3S/c1-13-10-11-16(15-9-5-6-12-17(13,15)18)21(19,20)14-7-3-2-4-8-14/h2-4,7-8,15-16,18H,1,5-6,9-12H2/t15-,16+,17-/m1/s1. The summed E-state index contributed by atoms with van der Waals surface area (Å²) in [5.41, 5.74) is -0.157. The molecule has 114 valence electrons. The third-order valence-electron chi connectivity index (χ3n) is 5.20. The van der Waals surface area contributed by atoms with Gasteiger partial charge in [-0.2, -0.15) is 0 Å². The Kier molecular flexibility index (Phi) is 3.70. The van der Waals surface area contributed by atoms with Crippen molar-refractivity contribution in [2.75, 3.05) is 0 Å². The average molecular weight is 306 g/mol. The highest BCUT2D eigenvalue weighted by molar-refractivity contribution is 7.92. The molecule has 0 radical (unpaired) electrons. The zero-order valence-electron chi connectivity index (χ0n) is 12.2. The van der Waals surface area contributed by atoms with Crippen LogP contribution in [-0.4, -0.2) is 24.4 Å². The molecule has 1 N–H and O–H groups in total. The van der Waals surface area contributed by atoms with Crippen LogP contribution in [0.25, 0.3) is 0 Å². The topological polar surface area (TPSA) is 54.4 Å². The first-order valence-electron chi connectivity index (χ1n) is 7.66. The Hall–Kier alpha value is -1.13. The van der Waals surface area contributed by atoms with Crippen LogP contribution >= 0.6 is 0 Å². The SMILES string of the molecule is C=C1CC[C@H](S(=O)(=O)c2ccccc2)[C@H]2CCCC[C@@]12O. The van der Waals surface area contributed by atoms with Crippen molar-refractivity contribution in [2.45, 2.75) is 54.3 Å². The highest BCUT2D eigenvalue weighted by atomic mass is 32.2. The van der Waals surface area contributed by atoms with Crippen molar-refractivity contribution >= 4 is 9.84 Å². The van der Waals surface area contributed by atoms with E-state index in [1.54, 1.807) is 24.3 Å². The maximum Gasteiger partial charge on any atom is 0.181 e. The van der Waals surface area contributed by atoms with E-state index in [2.05, 4.69) is 6.58 Å². The van der Waals surface area contributed by atoms with Crippen LogP contribution < -0.4 is 0 Å². The lowest BCUT2D eigenvalue weighted by molar-refractivity contribution is -0.0311. The smallest absolute Gasteiger partial charge is 0.181 e. The summed E-state index contributed by atoms with van der Waals surface area (Å²) < 4.78 is 25.9. The first kappa shape index (κ1) is 14.8. The molecule has 0 amide bonds. The van der Waals surface area contributed by atoms with E-state index in [9.17, 15) is 13.5 Å². The van der Waals surface area contributed by atoms with Crippen molar-refractivity contribution in [3.05, 3.63) is 42.5 Å². The van der Waals surface area contributed by atoms with Crippen LogP contribution in [0.1, 0.15) is 38.5 Å². The van der Waals surface area contributed by atoms with Gasteiger partial charge in [-0.15, -0.1) is 0 Å². The molecule has 1 aromatic carbocycles. The molecule has 0 heterocycles. The lowest BCUT2D eigenvalue weighted by atomic mass is 9.65. The molecule has 1 aromatic rings. The van der Waals surface area contributed by atoms with Gasteiger partial charge in [0, 0.05) is 5.92 Å². The van der Waals surface area contributed by atoms with Crippen LogP contribution in [0.2, 0.25) is 0 Å². The van der Waals surface area contributed by atoms with Crippen molar-refractivity contribution in [1.82, 2.24) is 0 Å². The number of rotatable bonds is 2. The quantitative estimate of drug-likeness (QED) is 0.854. The molecule has 0 unspecified atom stereocenters. The molecule has 0 bridgehead atoms. The zero-order chi connectivity index (χ0) is 15.1. The second-order valence-corrected chi connectivity index (χ2v) is 8.48. The third-order valence-corrected chi connectivity index (χ3v) is 7.49. The summed E-state index contributed by atoms with van der Waals surface area (Å²) in [5, 5.41) is 10.5. The van der Waals surface area contributed by atoms with E-state index < -0.39 is 20.7 Å². The summed E-state index contributed by atoms with van der Waals surface area (Å²) in [5.74, 6) is -0.210. The first-order chi connectivity index (χ1) is 9.96. The van der Waals surface area contributed by atoms with Crippen molar-refractivity contribution < 1.29 is 13.5 Å². The normalized spacial score (nSPS) is 33.5. The van der Waals surface area contributed by atoms with E-state index in [1.807, 2.05) is 6.07 Å². The number of sulfone groups is 1. The number of benzene rings is 1. The Bertz CT molecular complexity index is 635. The van der Waals surface area contributed by atoms with E-state index in [0.29, 0.717) is 24.2 Å². The van der Waals surface area contributed by atoms with Crippen LogP contribution in [0, 0.1) is 5.92 Å². The molecule has 0 saturated heterocycles. The van der Waals surface area contributed by atoms with E-state index in [0.717, 1.165) is 24.8 Å². The number of fused-ring (bicyclic) bond motifs is 1. The van der Waals surface area contributed by atoms with Gasteiger partial charge >= 0.3 is 0 Å². The fraction of sp³-hybridized carbons (Fsp3) is 0.529. The Morgan fingerprint density at radius 2 is 1.86 bits per heavy atom. The Balaban J connectivity index is 2.00. The predicted molar refractivity (Wildman–Crippen MR) is 82.7 cm³/mol. The van der Waals surface area contributed by atoms with Crippen LogP contribution in [0.5, 0.6) is 0 Å². The minimum absolute atomic E-state index is 0.210. The molecule has 4 heteroatoms. The third kappa shape index (κ3) is 2.34.